The molecule has 2 aliphatic rings. The number of aromatic nitrogens is 2. The molecule has 0 radical (unpaired) electrons. The summed E-state index contributed by atoms with van der Waals surface area (Å²) < 4.78 is 28.6. The Bertz CT molecular complexity index is 693. The van der Waals surface area contributed by atoms with Gasteiger partial charge in [-0.1, -0.05) is 25.6 Å². The maximum atomic E-state index is 12.3. The molecule has 1 aromatic rings. The first-order chi connectivity index (χ1) is 11.3. The van der Waals surface area contributed by atoms with Crippen molar-refractivity contribution in [3.63, 3.8) is 0 Å². The van der Waals surface area contributed by atoms with Crippen molar-refractivity contribution in [3.05, 3.63) is 5.89 Å². The van der Waals surface area contributed by atoms with Crippen molar-refractivity contribution in [1.29, 1.82) is 0 Å². The van der Waals surface area contributed by atoms with Crippen LogP contribution in [0.4, 0.5) is 0 Å². The Hall–Kier alpha value is -1.09. The molecule has 7 nitrogen and oxygen atoms in total. The van der Waals surface area contributed by atoms with E-state index in [2.05, 4.69) is 24.0 Å². The van der Waals surface area contributed by atoms with Gasteiger partial charge >= 0.3 is 0 Å². The molecule has 2 aliphatic heterocycles. The second kappa shape index (κ2) is 7.03. The third-order valence-electron chi connectivity index (χ3n) is 4.54. The van der Waals surface area contributed by atoms with Crippen molar-refractivity contribution in [1.82, 2.24) is 15.1 Å². The van der Waals surface area contributed by atoms with E-state index in [1.54, 1.807) is 0 Å². The summed E-state index contributed by atoms with van der Waals surface area (Å²) in [6.45, 7) is 5.95. The van der Waals surface area contributed by atoms with Crippen LogP contribution in [0.25, 0.3) is 0 Å². The molecular weight excluding hydrogens is 350 g/mol. The summed E-state index contributed by atoms with van der Waals surface area (Å²) in [6, 6.07) is 0. The number of rotatable bonds is 4. The summed E-state index contributed by atoms with van der Waals surface area (Å²) in [5, 5.41) is 8.22. The van der Waals surface area contributed by atoms with Crippen LogP contribution in [0.15, 0.2) is 9.64 Å². The predicted octanol–water partition coefficient (Wildman–Crippen LogP) is 1.57. The highest BCUT2D eigenvalue weighted by Gasteiger charge is 2.33. The van der Waals surface area contributed by atoms with Gasteiger partial charge in [-0.05, 0) is 24.7 Å². The van der Waals surface area contributed by atoms with Crippen LogP contribution in [0.3, 0.4) is 0 Å². The van der Waals surface area contributed by atoms with Crippen LogP contribution < -0.4 is 0 Å². The Kier molecular flexibility index (Phi) is 5.19. The second-order valence-electron chi connectivity index (χ2n) is 7.04. The van der Waals surface area contributed by atoms with E-state index in [0.29, 0.717) is 29.4 Å². The van der Waals surface area contributed by atoms with Crippen LogP contribution in [0.5, 0.6) is 0 Å². The third kappa shape index (κ3) is 4.30. The van der Waals surface area contributed by atoms with E-state index in [1.807, 2.05) is 4.90 Å². The highest BCUT2D eigenvalue weighted by molar-refractivity contribution is 7.99. The molecule has 3 heterocycles. The Morgan fingerprint density at radius 1 is 1.29 bits per heavy atom. The van der Waals surface area contributed by atoms with Gasteiger partial charge in [-0.3, -0.25) is 4.79 Å². The van der Waals surface area contributed by atoms with Crippen molar-refractivity contribution >= 4 is 27.5 Å². The lowest BCUT2D eigenvalue weighted by molar-refractivity contribution is -0.130. The fraction of sp³-hybridized carbons (Fsp3) is 0.800. The first-order valence-corrected chi connectivity index (χ1v) is 11.1. The molecule has 3 atom stereocenters. The minimum atomic E-state index is -2.98. The maximum absolute atomic E-state index is 12.3. The number of thioether (sulfide) groups is 1. The normalized spacial score (nSPS) is 29.8. The number of likely N-dealkylation sites (tertiary alicyclic amines) is 1. The number of hydrogen-bond donors (Lipinski definition) is 0. The monoisotopic (exact) mass is 373 g/mol. The van der Waals surface area contributed by atoms with E-state index in [1.165, 1.54) is 11.8 Å². The highest BCUT2D eigenvalue weighted by atomic mass is 32.2. The van der Waals surface area contributed by atoms with Gasteiger partial charge in [-0.2, -0.15) is 0 Å². The zero-order valence-corrected chi connectivity index (χ0v) is 15.6. The average Bonchev–Trinajstić information content (AvgIpc) is 3.10. The van der Waals surface area contributed by atoms with Crippen LogP contribution >= 0.6 is 11.8 Å². The Balaban J connectivity index is 1.53. The molecule has 9 heteroatoms. The molecule has 0 aromatic carbocycles. The first-order valence-electron chi connectivity index (χ1n) is 8.27. The van der Waals surface area contributed by atoms with E-state index >= 15 is 0 Å². The number of amides is 1. The topological polar surface area (TPSA) is 93.4 Å². The van der Waals surface area contributed by atoms with Crippen molar-refractivity contribution < 1.29 is 17.6 Å². The standard InChI is InChI=1S/C15H23N3O4S2/c1-10-5-11(2)7-18(6-10)13(19)8-23-15-17-16-14(22-15)12-3-4-24(20,21)9-12/h10-12H,3-9H2,1-2H3. The summed E-state index contributed by atoms with van der Waals surface area (Å²) in [5.41, 5.74) is 0. The lowest BCUT2D eigenvalue weighted by Gasteiger charge is -2.34. The van der Waals surface area contributed by atoms with Crippen molar-refractivity contribution in [3.8, 4) is 0 Å². The van der Waals surface area contributed by atoms with E-state index < -0.39 is 9.84 Å². The predicted molar refractivity (Wildman–Crippen MR) is 90.6 cm³/mol. The zero-order chi connectivity index (χ0) is 17.3. The number of hydrogen-bond acceptors (Lipinski definition) is 7. The summed E-state index contributed by atoms with van der Waals surface area (Å²) in [5.74, 6) is 1.81. The van der Waals surface area contributed by atoms with Crippen LogP contribution in [0.2, 0.25) is 0 Å². The minimum absolute atomic E-state index is 0.0712. The molecule has 3 unspecified atom stereocenters. The number of nitrogens with zero attached hydrogens (tertiary/aromatic N) is 3. The molecule has 0 spiro atoms. The number of piperidine rings is 1. The molecular formula is C15H23N3O4S2. The van der Waals surface area contributed by atoms with Gasteiger partial charge in [0, 0.05) is 13.1 Å². The van der Waals surface area contributed by atoms with Gasteiger partial charge in [-0.25, -0.2) is 8.42 Å². The Morgan fingerprint density at radius 3 is 2.62 bits per heavy atom. The Morgan fingerprint density at radius 2 is 2.00 bits per heavy atom. The summed E-state index contributed by atoms with van der Waals surface area (Å²) in [4.78, 5) is 14.3. The third-order valence-corrected chi connectivity index (χ3v) is 7.12. The fourth-order valence-corrected chi connectivity index (χ4v) is 5.92. The summed E-state index contributed by atoms with van der Waals surface area (Å²) in [6.07, 6.45) is 1.69. The van der Waals surface area contributed by atoms with Crippen LogP contribution in [0.1, 0.15) is 38.5 Å². The van der Waals surface area contributed by atoms with Gasteiger partial charge in [0.05, 0.1) is 23.2 Å². The molecule has 1 aromatic heterocycles. The van der Waals surface area contributed by atoms with Crippen LogP contribution in [-0.2, 0) is 14.6 Å². The smallest absolute Gasteiger partial charge is 0.277 e. The number of carbonyl (C=O) groups excluding carboxylic acids is 1. The highest BCUT2D eigenvalue weighted by Crippen LogP contribution is 2.30. The largest absolute Gasteiger partial charge is 0.416 e. The van der Waals surface area contributed by atoms with E-state index in [-0.39, 0.29) is 29.1 Å². The van der Waals surface area contributed by atoms with E-state index in [4.69, 9.17) is 4.42 Å². The molecule has 134 valence electrons. The molecule has 0 N–H and O–H groups in total. The lowest BCUT2D eigenvalue weighted by Crippen LogP contribution is -2.43. The van der Waals surface area contributed by atoms with Gasteiger partial charge in [0.2, 0.25) is 11.8 Å². The molecule has 0 aliphatic carbocycles. The number of carbonyl (C=O) groups is 1. The van der Waals surface area contributed by atoms with Gasteiger partial charge in [0.1, 0.15) is 0 Å². The van der Waals surface area contributed by atoms with Gasteiger partial charge in [0.25, 0.3) is 5.22 Å². The SMILES string of the molecule is CC1CC(C)CN(C(=O)CSc2nnc(C3CCS(=O)(=O)C3)o2)C1. The zero-order valence-electron chi connectivity index (χ0n) is 14.0. The second-order valence-corrected chi connectivity index (χ2v) is 10.2. The van der Waals surface area contributed by atoms with Crippen LogP contribution in [0, 0.1) is 11.8 Å². The maximum Gasteiger partial charge on any atom is 0.277 e. The van der Waals surface area contributed by atoms with Crippen LogP contribution in [-0.4, -0.2) is 59.8 Å². The lowest BCUT2D eigenvalue weighted by atomic mass is 9.92. The molecule has 0 bridgehead atoms. The molecule has 2 saturated heterocycles. The van der Waals surface area contributed by atoms with Crippen molar-refractivity contribution in [2.75, 3.05) is 30.3 Å². The van der Waals surface area contributed by atoms with Crippen molar-refractivity contribution in [2.45, 2.75) is 37.8 Å². The quantitative estimate of drug-likeness (QED) is 0.740. The van der Waals surface area contributed by atoms with E-state index in [0.717, 1.165) is 19.5 Å². The van der Waals surface area contributed by atoms with Gasteiger partial charge in [-0.15, -0.1) is 10.2 Å². The Labute approximate surface area is 146 Å². The molecule has 2 fully saturated rings. The fourth-order valence-electron chi connectivity index (χ4n) is 3.51. The van der Waals surface area contributed by atoms with Crippen molar-refractivity contribution in [2.24, 2.45) is 11.8 Å². The average molecular weight is 374 g/mol. The van der Waals surface area contributed by atoms with Gasteiger partial charge < -0.3 is 9.32 Å². The molecule has 1 amide bonds. The van der Waals surface area contributed by atoms with E-state index in [9.17, 15) is 13.2 Å². The molecule has 0 saturated carbocycles. The summed E-state index contributed by atoms with van der Waals surface area (Å²) in [7, 11) is -2.98. The molecule has 3 rings (SSSR count). The minimum Gasteiger partial charge on any atom is -0.416 e. The van der Waals surface area contributed by atoms with Gasteiger partial charge in [0.15, 0.2) is 9.84 Å². The number of sulfone groups is 1. The molecule has 24 heavy (non-hydrogen) atoms. The summed E-state index contributed by atoms with van der Waals surface area (Å²) >= 11 is 1.22. The first kappa shape index (κ1) is 17.7.